The van der Waals surface area contributed by atoms with Crippen molar-refractivity contribution in [2.24, 2.45) is 0 Å². The van der Waals surface area contributed by atoms with E-state index in [1.165, 1.54) is 33.8 Å². The minimum Gasteiger partial charge on any atom is -0.314 e. The molecule has 61 heavy (non-hydrogen) atoms. The van der Waals surface area contributed by atoms with Crippen molar-refractivity contribution in [3.8, 4) is 0 Å². The van der Waals surface area contributed by atoms with Crippen LogP contribution in [0.5, 0.6) is 0 Å². The summed E-state index contributed by atoms with van der Waals surface area (Å²) in [6.45, 7) is 6.51. The average molecular weight is 793 g/mol. The van der Waals surface area contributed by atoms with Crippen molar-refractivity contribution in [3.05, 3.63) is 240 Å². The van der Waals surface area contributed by atoms with E-state index >= 15 is 0 Å². The predicted octanol–water partition coefficient (Wildman–Crippen LogP) is 16.4. The zero-order valence-electron chi connectivity index (χ0n) is 35.3. The van der Waals surface area contributed by atoms with E-state index in [9.17, 15) is 0 Å². The molecule has 0 N–H and O–H groups in total. The van der Waals surface area contributed by atoms with E-state index in [1.807, 2.05) is 0 Å². The first-order valence-corrected chi connectivity index (χ1v) is 21.5. The van der Waals surface area contributed by atoms with Gasteiger partial charge in [-0.15, -0.1) is 0 Å². The van der Waals surface area contributed by atoms with E-state index in [-0.39, 0.29) is 0 Å². The van der Waals surface area contributed by atoms with Crippen molar-refractivity contribution in [3.63, 3.8) is 0 Å². The molecule has 0 amide bonds. The van der Waals surface area contributed by atoms with Gasteiger partial charge < -0.3 is 19.6 Å². The Labute approximate surface area is 362 Å². The molecule has 0 heterocycles. The molecule has 9 rings (SSSR count). The van der Waals surface area contributed by atoms with Gasteiger partial charge in [0.1, 0.15) is 0 Å². The van der Waals surface area contributed by atoms with Crippen LogP contribution in [0.2, 0.25) is 0 Å². The Kier molecular flexibility index (Phi) is 11.5. The first-order valence-electron chi connectivity index (χ1n) is 21.5. The van der Waals surface area contributed by atoms with Crippen LogP contribution in [0.25, 0.3) is 0 Å². The van der Waals surface area contributed by atoms with Gasteiger partial charge in [0.2, 0.25) is 0 Å². The molecule has 0 bridgehead atoms. The molecule has 0 radical (unpaired) electrons. The Bertz CT molecular complexity index is 2710. The molecule has 4 nitrogen and oxygen atoms in total. The smallest absolute Gasteiger partial charge is 0.0464 e. The van der Waals surface area contributed by atoms with Gasteiger partial charge in [-0.1, -0.05) is 84.5 Å². The highest BCUT2D eigenvalue weighted by atomic mass is 15.2. The van der Waals surface area contributed by atoms with Crippen LogP contribution in [0.3, 0.4) is 0 Å². The van der Waals surface area contributed by atoms with E-state index in [0.29, 0.717) is 0 Å². The summed E-state index contributed by atoms with van der Waals surface area (Å²) in [6, 6.07) is 66.0. The lowest BCUT2D eigenvalue weighted by Crippen LogP contribution is -2.18. The minimum absolute atomic E-state index is 0.992. The van der Waals surface area contributed by atoms with Gasteiger partial charge in [0.15, 0.2) is 0 Å². The fourth-order valence-electron chi connectivity index (χ4n) is 8.59. The molecule has 0 saturated carbocycles. The Balaban J connectivity index is 1.13. The van der Waals surface area contributed by atoms with Crippen LogP contribution >= 0.6 is 0 Å². The largest absolute Gasteiger partial charge is 0.314 e. The summed E-state index contributed by atoms with van der Waals surface area (Å²) in [5, 5.41) is 0. The second-order valence-corrected chi connectivity index (χ2v) is 16.0. The second-order valence-electron chi connectivity index (χ2n) is 16.0. The minimum atomic E-state index is 0.992. The zero-order chi connectivity index (χ0) is 41.5. The van der Waals surface area contributed by atoms with E-state index in [4.69, 9.17) is 0 Å². The lowest BCUT2D eigenvalue weighted by molar-refractivity contribution is 0.905. The third-order valence-electron chi connectivity index (χ3n) is 11.5. The van der Waals surface area contributed by atoms with Crippen LogP contribution in [0.15, 0.2) is 229 Å². The van der Waals surface area contributed by atoms with Crippen LogP contribution in [-0.4, -0.2) is 0 Å². The maximum Gasteiger partial charge on any atom is 0.0464 e. The molecule has 0 saturated heterocycles. The van der Waals surface area contributed by atoms with Crippen molar-refractivity contribution in [1.29, 1.82) is 0 Å². The Hall–Kier alpha value is -7.30. The Morgan fingerprint density at radius 2 is 0.721 bits per heavy atom. The standard InChI is InChI=1S/C57H52N4/c1-43-16-13-25-55(40-43)59(46-19-7-4-8-20-46)52-34-28-49(29-35-52)58(50-30-36-53(37-31-50)60(47-21-9-5-10-22-47)56-26-14-17-44(2)41-56)51-32-38-54(39-33-51)61(48-23-11-6-12-24-48)57-27-15-18-45(3)42-57/h4-11,13,15-23,25,27-42H,12,14,24,26H2,1-3H3. The van der Waals surface area contributed by atoms with Crippen LogP contribution in [-0.2, 0) is 0 Å². The van der Waals surface area contributed by atoms with E-state index in [1.54, 1.807) is 0 Å². The topological polar surface area (TPSA) is 13.0 Å². The molecule has 7 aromatic carbocycles. The Morgan fingerprint density at radius 3 is 1.16 bits per heavy atom. The first kappa shape index (κ1) is 39.2. The van der Waals surface area contributed by atoms with Crippen molar-refractivity contribution in [1.82, 2.24) is 0 Å². The average Bonchev–Trinajstić information content (AvgIpc) is 3.30. The molecular formula is C57H52N4. The SMILES string of the molecule is CC1=CCCC(N(c2ccccc2)c2ccc(N(c3ccc(N(C4=CC=CCC4)c4cccc(C)c4)cc3)c3ccc(N(c4ccccc4)c4cccc(C)c4)cc3)cc2)=C1. The number of rotatable bonds is 12. The summed E-state index contributed by atoms with van der Waals surface area (Å²) in [6.07, 6.45) is 15.4. The maximum atomic E-state index is 2.41. The molecule has 0 atom stereocenters. The number of benzene rings is 7. The number of nitrogens with zero attached hydrogens (tertiary/aromatic N) is 4. The molecule has 4 heteroatoms. The summed E-state index contributed by atoms with van der Waals surface area (Å²) in [5.41, 5.74) is 17.6. The monoisotopic (exact) mass is 792 g/mol. The van der Waals surface area contributed by atoms with Gasteiger partial charge >= 0.3 is 0 Å². The van der Waals surface area contributed by atoms with Crippen LogP contribution in [0.4, 0.5) is 56.9 Å². The van der Waals surface area contributed by atoms with Gasteiger partial charge in [0.25, 0.3) is 0 Å². The highest BCUT2D eigenvalue weighted by molar-refractivity contribution is 5.83. The normalized spacial score (nSPS) is 13.5. The number of aryl methyl sites for hydroxylation is 2. The lowest BCUT2D eigenvalue weighted by Gasteiger charge is -2.32. The molecule has 0 spiro atoms. The number of allylic oxidation sites excluding steroid dienone is 8. The fourth-order valence-corrected chi connectivity index (χ4v) is 8.59. The zero-order valence-corrected chi connectivity index (χ0v) is 35.3. The number of para-hydroxylation sites is 2. The molecule has 7 aromatic rings. The van der Waals surface area contributed by atoms with Gasteiger partial charge in [0.05, 0.1) is 0 Å². The third-order valence-corrected chi connectivity index (χ3v) is 11.5. The predicted molar refractivity (Wildman–Crippen MR) is 260 cm³/mol. The van der Waals surface area contributed by atoms with Gasteiger partial charge in [-0.25, -0.2) is 0 Å². The number of hydrogen-bond donors (Lipinski definition) is 0. The lowest BCUT2D eigenvalue weighted by atomic mass is 10.0. The Morgan fingerprint density at radius 1 is 0.344 bits per heavy atom. The third kappa shape index (κ3) is 8.71. The summed E-state index contributed by atoms with van der Waals surface area (Å²) in [5.74, 6) is 0. The molecule has 0 aromatic heterocycles. The van der Waals surface area contributed by atoms with Crippen molar-refractivity contribution in [2.45, 2.75) is 46.5 Å². The molecule has 0 fully saturated rings. The molecule has 2 aliphatic rings. The maximum absolute atomic E-state index is 2.41. The van der Waals surface area contributed by atoms with E-state index in [0.717, 1.165) is 76.9 Å². The van der Waals surface area contributed by atoms with Crippen LogP contribution in [0.1, 0.15) is 43.7 Å². The summed E-state index contributed by atoms with van der Waals surface area (Å²) in [4.78, 5) is 9.52. The van der Waals surface area contributed by atoms with Gasteiger partial charge in [0, 0.05) is 68.3 Å². The molecule has 0 unspecified atom stereocenters. The van der Waals surface area contributed by atoms with Crippen molar-refractivity contribution in [2.75, 3.05) is 19.6 Å². The van der Waals surface area contributed by atoms with Crippen molar-refractivity contribution < 1.29 is 0 Å². The van der Waals surface area contributed by atoms with Crippen LogP contribution < -0.4 is 19.6 Å². The summed E-state index contributed by atoms with van der Waals surface area (Å²) < 4.78 is 0. The van der Waals surface area contributed by atoms with Gasteiger partial charge in [-0.3, -0.25) is 0 Å². The summed E-state index contributed by atoms with van der Waals surface area (Å²) >= 11 is 0. The molecule has 300 valence electrons. The number of hydrogen-bond acceptors (Lipinski definition) is 4. The van der Waals surface area contributed by atoms with Crippen molar-refractivity contribution >= 4 is 56.9 Å². The molecular weight excluding hydrogens is 741 g/mol. The molecule has 2 aliphatic carbocycles. The number of anilines is 10. The first-order chi connectivity index (χ1) is 30.0. The molecule has 0 aliphatic heterocycles. The van der Waals surface area contributed by atoms with E-state index in [2.05, 4.69) is 253 Å². The van der Waals surface area contributed by atoms with E-state index < -0.39 is 0 Å². The second kappa shape index (κ2) is 17.9. The fraction of sp³-hybridized carbons (Fsp3) is 0.123. The highest BCUT2D eigenvalue weighted by Crippen LogP contribution is 2.42. The highest BCUT2D eigenvalue weighted by Gasteiger charge is 2.21. The van der Waals surface area contributed by atoms with Crippen LogP contribution in [0, 0.1) is 13.8 Å². The van der Waals surface area contributed by atoms with Gasteiger partial charge in [-0.05, 0) is 191 Å². The van der Waals surface area contributed by atoms with Gasteiger partial charge in [-0.2, -0.15) is 0 Å². The quantitative estimate of drug-likeness (QED) is 0.122. The summed E-state index contributed by atoms with van der Waals surface area (Å²) in [7, 11) is 0.